The Kier molecular flexibility index (Phi) is 2.04. The van der Waals surface area contributed by atoms with Crippen molar-refractivity contribution >= 4 is 5.82 Å². The average molecular weight is 205 g/mol. The van der Waals surface area contributed by atoms with Crippen LogP contribution in [0.15, 0.2) is 6.07 Å². The molecule has 0 unspecified atom stereocenters. The summed E-state index contributed by atoms with van der Waals surface area (Å²) in [7, 11) is 0. The van der Waals surface area contributed by atoms with Crippen LogP contribution in [-0.4, -0.2) is 10.2 Å². The molecule has 2 rings (SSSR count). The molecule has 2 N–H and O–H groups in total. The van der Waals surface area contributed by atoms with Gasteiger partial charge in [0.25, 0.3) is 0 Å². The lowest BCUT2D eigenvalue weighted by molar-refractivity contribution is 0.226. The van der Waals surface area contributed by atoms with Crippen molar-refractivity contribution in [2.75, 3.05) is 5.73 Å². The maximum atomic E-state index is 5.70. The Morgan fingerprint density at radius 1 is 1.20 bits per heavy atom. The first-order chi connectivity index (χ1) is 6.80. The van der Waals surface area contributed by atoms with Crippen LogP contribution in [0, 0.1) is 5.41 Å². The Morgan fingerprint density at radius 2 is 1.87 bits per heavy atom. The topological polar surface area (TPSA) is 51.8 Å². The van der Waals surface area contributed by atoms with Crippen LogP contribution in [-0.2, 0) is 11.8 Å². The van der Waals surface area contributed by atoms with Crippen molar-refractivity contribution < 1.29 is 0 Å². The highest BCUT2D eigenvalue weighted by Crippen LogP contribution is 2.44. The zero-order valence-corrected chi connectivity index (χ0v) is 9.96. The minimum atomic E-state index is 0.154. The van der Waals surface area contributed by atoms with Gasteiger partial charge in [0.2, 0.25) is 0 Å². The number of rotatable bonds is 0. The molecule has 0 aromatic carbocycles. The van der Waals surface area contributed by atoms with E-state index >= 15 is 0 Å². The second kappa shape index (κ2) is 2.94. The van der Waals surface area contributed by atoms with Gasteiger partial charge in [-0.3, -0.25) is 0 Å². The number of nitrogens with zero attached hydrogens (tertiary/aromatic N) is 2. The summed E-state index contributed by atoms with van der Waals surface area (Å²) in [5, 5.41) is 8.19. The quantitative estimate of drug-likeness (QED) is 0.707. The van der Waals surface area contributed by atoms with Crippen molar-refractivity contribution in [3.63, 3.8) is 0 Å². The van der Waals surface area contributed by atoms with E-state index in [0.29, 0.717) is 11.2 Å². The maximum Gasteiger partial charge on any atom is 0.146 e. The van der Waals surface area contributed by atoms with Crippen molar-refractivity contribution in [1.29, 1.82) is 0 Å². The molecule has 3 heteroatoms. The molecule has 0 bridgehead atoms. The monoisotopic (exact) mass is 205 g/mol. The fourth-order valence-electron chi connectivity index (χ4n) is 2.96. The van der Waals surface area contributed by atoms with Crippen LogP contribution in [0.4, 0.5) is 5.82 Å². The van der Waals surface area contributed by atoms with E-state index in [1.54, 1.807) is 0 Å². The van der Waals surface area contributed by atoms with Gasteiger partial charge in [0, 0.05) is 0 Å². The van der Waals surface area contributed by atoms with Gasteiger partial charge in [-0.15, -0.1) is 5.10 Å². The lowest BCUT2D eigenvalue weighted by atomic mass is 9.64. The van der Waals surface area contributed by atoms with Gasteiger partial charge in [-0.1, -0.05) is 27.7 Å². The minimum absolute atomic E-state index is 0.154. The van der Waals surface area contributed by atoms with Gasteiger partial charge in [-0.2, -0.15) is 5.10 Å². The maximum absolute atomic E-state index is 5.70. The van der Waals surface area contributed by atoms with Crippen LogP contribution in [0.3, 0.4) is 0 Å². The molecule has 0 atom stereocenters. The van der Waals surface area contributed by atoms with Crippen LogP contribution in [0.25, 0.3) is 0 Å². The van der Waals surface area contributed by atoms with Crippen LogP contribution < -0.4 is 5.73 Å². The lowest BCUT2D eigenvalue weighted by Crippen LogP contribution is -2.35. The SMILES string of the molecule is CC1(C)Cc2nnc(N)cc2C(C)(C)C1. The first kappa shape index (κ1) is 10.4. The third-order valence-electron chi connectivity index (χ3n) is 3.18. The molecule has 1 aliphatic carbocycles. The predicted molar refractivity (Wildman–Crippen MR) is 61.6 cm³/mol. The number of hydrogen-bond donors (Lipinski definition) is 1. The van der Waals surface area contributed by atoms with Crippen molar-refractivity contribution in [2.24, 2.45) is 5.41 Å². The second-order valence-electron chi connectivity index (χ2n) is 6.03. The Bertz CT molecular complexity index is 394. The number of aromatic nitrogens is 2. The van der Waals surface area contributed by atoms with Crippen LogP contribution in [0.2, 0.25) is 0 Å². The van der Waals surface area contributed by atoms with E-state index in [4.69, 9.17) is 5.73 Å². The summed E-state index contributed by atoms with van der Waals surface area (Å²) in [4.78, 5) is 0. The first-order valence-electron chi connectivity index (χ1n) is 5.43. The highest BCUT2D eigenvalue weighted by molar-refractivity contribution is 5.39. The highest BCUT2D eigenvalue weighted by atomic mass is 15.1. The standard InChI is InChI=1S/C12H19N3/c1-11(2)6-9-8(12(3,4)7-11)5-10(13)15-14-9/h5H,6-7H2,1-4H3,(H2,13,15). The fourth-order valence-corrected chi connectivity index (χ4v) is 2.96. The van der Waals surface area contributed by atoms with Gasteiger partial charge in [0.1, 0.15) is 5.82 Å². The van der Waals surface area contributed by atoms with E-state index in [-0.39, 0.29) is 5.41 Å². The minimum Gasteiger partial charge on any atom is -0.382 e. The zero-order chi connectivity index (χ0) is 11.3. The Labute approximate surface area is 91.1 Å². The van der Waals surface area contributed by atoms with Gasteiger partial charge in [0.15, 0.2) is 0 Å². The van der Waals surface area contributed by atoms with E-state index < -0.39 is 0 Å². The van der Waals surface area contributed by atoms with Crippen molar-refractivity contribution in [2.45, 2.75) is 46.0 Å². The number of anilines is 1. The van der Waals surface area contributed by atoms with Crippen molar-refractivity contribution in [3.05, 3.63) is 17.3 Å². The molecular weight excluding hydrogens is 186 g/mol. The van der Waals surface area contributed by atoms with Gasteiger partial charge in [-0.05, 0) is 35.3 Å². The number of nitrogens with two attached hydrogens (primary N) is 1. The Balaban J connectivity index is 2.55. The molecule has 82 valence electrons. The Morgan fingerprint density at radius 3 is 2.53 bits per heavy atom. The summed E-state index contributed by atoms with van der Waals surface area (Å²) in [5.74, 6) is 0.529. The molecular formula is C12H19N3. The van der Waals surface area contributed by atoms with Gasteiger partial charge >= 0.3 is 0 Å². The van der Waals surface area contributed by atoms with E-state index in [0.717, 1.165) is 18.5 Å². The van der Waals surface area contributed by atoms with E-state index in [1.807, 2.05) is 6.07 Å². The van der Waals surface area contributed by atoms with E-state index in [9.17, 15) is 0 Å². The molecule has 1 aromatic heterocycles. The Hall–Kier alpha value is -1.12. The van der Waals surface area contributed by atoms with Crippen LogP contribution >= 0.6 is 0 Å². The van der Waals surface area contributed by atoms with Crippen molar-refractivity contribution in [1.82, 2.24) is 10.2 Å². The molecule has 0 spiro atoms. The van der Waals surface area contributed by atoms with E-state index in [1.165, 1.54) is 5.56 Å². The zero-order valence-electron chi connectivity index (χ0n) is 9.96. The lowest BCUT2D eigenvalue weighted by Gasteiger charge is -2.41. The normalized spacial score (nSPS) is 22.1. The highest BCUT2D eigenvalue weighted by Gasteiger charge is 2.38. The van der Waals surface area contributed by atoms with Gasteiger partial charge in [-0.25, -0.2) is 0 Å². The summed E-state index contributed by atoms with van der Waals surface area (Å²) >= 11 is 0. The van der Waals surface area contributed by atoms with Crippen molar-refractivity contribution in [3.8, 4) is 0 Å². The van der Waals surface area contributed by atoms with Crippen LogP contribution in [0.1, 0.15) is 45.4 Å². The average Bonchev–Trinajstić information content (AvgIpc) is 2.03. The largest absolute Gasteiger partial charge is 0.382 e. The summed E-state index contributed by atoms with van der Waals surface area (Å²) in [6.45, 7) is 9.09. The molecule has 1 aliphatic rings. The molecule has 1 aromatic rings. The molecule has 0 saturated carbocycles. The molecule has 0 radical (unpaired) electrons. The molecule has 15 heavy (non-hydrogen) atoms. The molecule has 0 fully saturated rings. The van der Waals surface area contributed by atoms with Gasteiger partial charge in [0.05, 0.1) is 5.69 Å². The third kappa shape index (κ3) is 1.83. The molecule has 0 saturated heterocycles. The number of hydrogen-bond acceptors (Lipinski definition) is 3. The first-order valence-corrected chi connectivity index (χ1v) is 5.43. The molecule has 0 aliphatic heterocycles. The fraction of sp³-hybridized carbons (Fsp3) is 0.667. The third-order valence-corrected chi connectivity index (χ3v) is 3.18. The molecule has 0 amide bonds. The molecule has 1 heterocycles. The second-order valence-corrected chi connectivity index (χ2v) is 6.03. The summed E-state index contributed by atoms with van der Waals surface area (Å²) in [6.07, 6.45) is 2.16. The van der Waals surface area contributed by atoms with E-state index in [2.05, 4.69) is 37.9 Å². The summed E-state index contributed by atoms with van der Waals surface area (Å²) < 4.78 is 0. The number of nitrogen functional groups attached to an aromatic ring is 1. The van der Waals surface area contributed by atoms with Gasteiger partial charge < -0.3 is 5.73 Å². The smallest absolute Gasteiger partial charge is 0.146 e. The summed E-state index contributed by atoms with van der Waals surface area (Å²) in [5.41, 5.74) is 8.55. The molecule has 3 nitrogen and oxygen atoms in total. The predicted octanol–water partition coefficient (Wildman–Crippen LogP) is 2.31. The summed E-state index contributed by atoms with van der Waals surface area (Å²) in [6, 6.07) is 1.98. The van der Waals surface area contributed by atoms with Crippen LogP contribution in [0.5, 0.6) is 0 Å². The number of fused-ring (bicyclic) bond motifs is 1.